The van der Waals surface area contributed by atoms with Crippen molar-refractivity contribution in [3.63, 3.8) is 0 Å². The van der Waals surface area contributed by atoms with Crippen LogP contribution in [0.25, 0.3) is 0 Å². The lowest BCUT2D eigenvalue weighted by atomic mass is 10.0. The van der Waals surface area contributed by atoms with Crippen LogP contribution in [0, 0.1) is 6.92 Å². The van der Waals surface area contributed by atoms with Crippen LogP contribution in [0.15, 0.2) is 24.7 Å². The highest BCUT2D eigenvalue weighted by atomic mass is 15.3. The van der Waals surface area contributed by atoms with Gasteiger partial charge in [0, 0.05) is 51.2 Å². The molecule has 0 aliphatic carbocycles. The Labute approximate surface area is 131 Å². The van der Waals surface area contributed by atoms with Crippen LogP contribution < -0.4 is 4.90 Å². The molecule has 1 atom stereocenters. The van der Waals surface area contributed by atoms with E-state index < -0.39 is 0 Å². The van der Waals surface area contributed by atoms with Gasteiger partial charge in [-0.15, -0.1) is 0 Å². The highest BCUT2D eigenvalue weighted by molar-refractivity contribution is 5.39. The number of hydrogen-bond donors (Lipinski definition) is 0. The summed E-state index contributed by atoms with van der Waals surface area (Å²) in [6, 6.07) is 4.65. The maximum Gasteiger partial charge on any atom is 0.132 e. The molecule has 0 aromatic carbocycles. The van der Waals surface area contributed by atoms with E-state index in [1.807, 2.05) is 24.9 Å². The lowest BCUT2D eigenvalue weighted by Crippen LogP contribution is -2.46. The second kappa shape index (κ2) is 6.44. The molecule has 3 heterocycles. The van der Waals surface area contributed by atoms with Crippen LogP contribution in [0.1, 0.15) is 24.2 Å². The van der Waals surface area contributed by atoms with E-state index in [2.05, 4.69) is 44.0 Å². The Hall–Kier alpha value is -1.95. The van der Waals surface area contributed by atoms with Crippen molar-refractivity contribution in [1.82, 2.24) is 24.6 Å². The number of aryl methyl sites for hydroxylation is 2. The summed E-state index contributed by atoms with van der Waals surface area (Å²) in [7, 11) is 4.15. The van der Waals surface area contributed by atoms with Crippen molar-refractivity contribution >= 4 is 5.82 Å². The van der Waals surface area contributed by atoms with Gasteiger partial charge in [-0.3, -0.25) is 9.58 Å². The quantitative estimate of drug-likeness (QED) is 0.859. The van der Waals surface area contributed by atoms with Crippen molar-refractivity contribution in [3.05, 3.63) is 36.0 Å². The molecule has 0 N–H and O–H groups in total. The summed E-state index contributed by atoms with van der Waals surface area (Å²) in [6.45, 7) is 5.18. The predicted octanol–water partition coefficient (Wildman–Crippen LogP) is 1.62. The van der Waals surface area contributed by atoms with Crippen molar-refractivity contribution < 1.29 is 0 Å². The number of rotatable bonds is 4. The van der Waals surface area contributed by atoms with Crippen LogP contribution >= 0.6 is 0 Å². The van der Waals surface area contributed by atoms with Gasteiger partial charge in [0.2, 0.25) is 0 Å². The van der Waals surface area contributed by atoms with Crippen LogP contribution in [0.4, 0.5) is 5.82 Å². The third-order valence-corrected chi connectivity index (χ3v) is 4.49. The molecule has 0 spiro atoms. The molecule has 2 aromatic rings. The first kappa shape index (κ1) is 15.0. The zero-order chi connectivity index (χ0) is 15.5. The summed E-state index contributed by atoms with van der Waals surface area (Å²) in [5.41, 5.74) is 2.28. The molecule has 3 rings (SSSR count). The first-order valence-corrected chi connectivity index (χ1v) is 7.84. The van der Waals surface area contributed by atoms with E-state index >= 15 is 0 Å². The number of likely N-dealkylation sites (N-methyl/N-ethyl adjacent to an activating group) is 1. The molecule has 0 amide bonds. The Morgan fingerprint density at radius 1 is 1.36 bits per heavy atom. The van der Waals surface area contributed by atoms with E-state index in [9.17, 15) is 0 Å². The molecular formula is C16H24N6. The first-order valence-electron chi connectivity index (χ1n) is 7.84. The van der Waals surface area contributed by atoms with Crippen molar-refractivity contribution in [3.8, 4) is 0 Å². The third-order valence-electron chi connectivity index (χ3n) is 4.49. The van der Waals surface area contributed by atoms with Crippen LogP contribution in [0.2, 0.25) is 0 Å². The molecule has 1 unspecified atom stereocenters. The van der Waals surface area contributed by atoms with E-state index in [0.29, 0.717) is 6.04 Å². The number of piperidine rings is 1. The topological polar surface area (TPSA) is 50.1 Å². The molecule has 6 heteroatoms. The largest absolute Gasteiger partial charge is 0.355 e. The summed E-state index contributed by atoms with van der Waals surface area (Å²) < 4.78 is 1.96. The zero-order valence-electron chi connectivity index (χ0n) is 13.6. The lowest BCUT2D eigenvalue weighted by molar-refractivity contribution is 0.194. The summed E-state index contributed by atoms with van der Waals surface area (Å²) >= 11 is 0. The molecule has 2 aromatic heterocycles. The second-order valence-corrected chi connectivity index (χ2v) is 6.11. The van der Waals surface area contributed by atoms with E-state index in [-0.39, 0.29) is 0 Å². The minimum absolute atomic E-state index is 0.497. The highest BCUT2D eigenvalue weighted by Crippen LogP contribution is 2.21. The number of likely N-dealkylation sites (tertiary alicyclic amines) is 1. The molecular weight excluding hydrogens is 276 g/mol. The van der Waals surface area contributed by atoms with Gasteiger partial charge in [-0.05, 0) is 32.4 Å². The molecule has 6 nitrogen and oxygen atoms in total. The van der Waals surface area contributed by atoms with Gasteiger partial charge in [-0.1, -0.05) is 0 Å². The monoisotopic (exact) mass is 300 g/mol. The fourth-order valence-electron chi connectivity index (χ4n) is 3.10. The molecule has 1 aliphatic heterocycles. The van der Waals surface area contributed by atoms with Crippen LogP contribution in [0.3, 0.4) is 0 Å². The van der Waals surface area contributed by atoms with E-state index in [4.69, 9.17) is 0 Å². The van der Waals surface area contributed by atoms with Crippen LogP contribution in [0.5, 0.6) is 0 Å². The number of hydrogen-bond acceptors (Lipinski definition) is 5. The smallest absolute Gasteiger partial charge is 0.132 e. The van der Waals surface area contributed by atoms with Crippen LogP contribution in [-0.4, -0.2) is 50.8 Å². The van der Waals surface area contributed by atoms with Crippen molar-refractivity contribution in [2.75, 3.05) is 25.0 Å². The molecule has 0 radical (unpaired) electrons. The maximum atomic E-state index is 4.41. The molecule has 0 saturated carbocycles. The predicted molar refractivity (Wildman–Crippen MR) is 86.7 cm³/mol. The minimum atomic E-state index is 0.497. The number of anilines is 1. The molecule has 1 saturated heterocycles. The van der Waals surface area contributed by atoms with E-state index in [1.165, 1.54) is 18.5 Å². The Bertz CT molecular complexity index is 623. The van der Waals surface area contributed by atoms with Crippen molar-refractivity contribution in [1.29, 1.82) is 0 Å². The lowest BCUT2D eigenvalue weighted by Gasteiger charge is -2.38. The average Bonchev–Trinajstić information content (AvgIpc) is 2.92. The third kappa shape index (κ3) is 3.27. The first-order chi connectivity index (χ1) is 10.6. The van der Waals surface area contributed by atoms with Gasteiger partial charge >= 0.3 is 0 Å². The normalized spacial score (nSPS) is 19.3. The van der Waals surface area contributed by atoms with Gasteiger partial charge in [-0.2, -0.15) is 5.10 Å². The van der Waals surface area contributed by atoms with E-state index in [1.54, 1.807) is 6.33 Å². The highest BCUT2D eigenvalue weighted by Gasteiger charge is 2.24. The molecule has 1 fully saturated rings. The Morgan fingerprint density at radius 2 is 2.23 bits per heavy atom. The fraction of sp³-hybridized carbons (Fsp3) is 0.562. The molecule has 118 valence electrons. The maximum absolute atomic E-state index is 4.41. The zero-order valence-corrected chi connectivity index (χ0v) is 13.6. The summed E-state index contributed by atoms with van der Waals surface area (Å²) in [5.74, 6) is 1.01. The van der Waals surface area contributed by atoms with Gasteiger partial charge in [0.1, 0.15) is 12.1 Å². The van der Waals surface area contributed by atoms with Crippen molar-refractivity contribution in [2.45, 2.75) is 32.4 Å². The molecule has 1 aliphatic rings. The minimum Gasteiger partial charge on any atom is -0.355 e. The average molecular weight is 300 g/mol. The SMILES string of the molecule is Cc1cc(N(C)C2CCCN(Cc3ccnn3C)C2)ncn1. The number of aromatic nitrogens is 4. The van der Waals surface area contributed by atoms with E-state index in [0.717, 1.165) is 31.1 Å². The Morgan fingerprint density at radius 3 is 2.95 bits per heavy atom. The van der Waals surface area contributed by atoms with Gasteiger partial charge in [0.15, 0.2) is 0 Å². The Kier molecular flexibility index (Phi) is 4.38. The summed E-state index contributed by atoms with van der Waals surface area (Å²) in [5, 5.41) is 4.26. The van der Waals surface area contributed by atoms with Gasteiger partial charge in [-0.25, -0.2) is 9.97 Å². The summed E-state index contributed by atoms with van der Waals surface area (Å²) in [6.07, 6.45) is 5.95. The van der Waals surface area contributed by atoms with Gasteiger partial charge in [0.05, 0.1) is 5.69 Å². The fourth-order valence-corrected chi connectivity index (χ4v) is 3.10. The molecule has 0 bridgehead atoms. The van der Waals surface area contributed by atoms with Crippen LogP contribution in [-0.2, 0) is 13.6 Å². The van der Waals surface area contributed by atoms with Gasteiger partial charge in [0.25, 0.3) is 0 Å². The second-order valence-electron chi connectivity index (χ2n) is 6.11. The standard InChI is InChI=1S/C16H24N6/c1-13-9-16(18-12-17-13)20(2)14-5-4-8-22(10-14)11-15-6-7-19-21(15)3/h6-7,9,12,14H,4-5,8,10-11H2,1-3H3. The van der Waals surface area contributed by atoms with Gasteiger partial charge < -0.3 is 4.90 Å². The summed E-state index contributed by atoms with van der Waals surface area (Å²) in [4.78, 5) is 13.4. The molecule has 22 heavy (non-hydrogen) atoms. The Balaban J connectivity index is 1.66. The van der Waals surface area contributed by atoms with Crippen molar-refractivity contribution in [2.24, 2.45) is 7.05 Å². The number of nitrogens with zero attached hydrogens (tertiary/aromatic N) is 6.